The molecule has 0 aliphatic heterocycles. The van der Waals surface area contributed by atoms with Crippen molar-refractivity contribution in [3.63, 3.8) is 0 Å². The Morgan fingerprint density at radius 3 is 2.48 bits per heavy atom. The second-order valence-electron chi connectivity index (χ2n) is 4.90. The molecule has 0 fully saturated rings. The van der Waals surface area contributed by atoms with Gasteiger partial charge in [-0.3, -0.25) is 9.59 Å². The first-order valence-corrected chi connectivity index (χ1v) is 6.82. The lowest BCUT2D eigenvalue weighted by Gasteiger charge is -2.18. The zero-order chi connectivity index (χ0) is 15.4. The van der Waals surface area contributed by atoms with Gasteiger partial charge in [0.15, 0.2) is 0 Å². The summed E-state index contributed by atoms with van der Waals surface area (Å²) < 4.78 is 1.31. The minimum absolute atomic E-state index is 0.0318. The average molecular weight is 285 g/mol. The number of hydrogen-bond acceptors (Lipinski definition) is 3. The second-order valence-corrected chi connectivity index (χ2v) is 4.90. The number of nitrogen functional groups attached to an aromatic ring is 1. The Balaban J connectivity index is 2.15. The van der Waals surface area contributed by atoms with Gasteiger partial charge in [-0.25, -0.2) is 0 Å². The monoisotopic (exact) mass is 285 g/mol. The predicted molar refractivity (Wildman–Crippen MR) is 84.3 cm³/mol. The highest BCUT2D eigenvalue weighted by atomic mass is 16.2. The van der Waals surface area contributed by atoms with Crippen molar-refractivity contribution in [2.24, 2.45) is 0 Å². The first kappa shape index (κ1) is 14.8. The fourth-order valence-electron chi connectivity index (χ4n) is 2.02. The van der Waals surface area contributed by atoms with Crippen molar-refractivity contribution in [1.82, 2.24) is 4.57 Å². The van der Waals surface area contributed by atoms with Crippen molar-refractivity contribution < 1.29 is 4.79 Å². The summed E-state index contributed by atoms with van der Waals surface area (Å²) in [7, 11) is 1.70. The van der Waals surface area contributed by atoms with E-state index >= 15 is 0 Å². The molecule has 0 atom stereocenters. The first-order chi connectivity index (χ1) is 10.0. The predicted octanol–water partition coefficient (Wildman–Crippen LogP) is 1.66. The van der Waals surface area contributed by atoms with Gasteiger partial charge in [0.1, 0.15) is 6.54 Å². The van der Waals surface area contributed by atoms with Crippen LogP contribution in [0, 0.1) is 0 Å². The molecule has 1 aromatic carbocycles. The summed E-state index contributed by atoms with van der Waals surface area (Å²) in [5, 5.41) is 0. The molecule has 0 saturated heterocycles. The topological polar surface area (TPSA) is 68.3 Å². The average Bonchev–Trinajstić information content (AvgIpc) is 2.50. The number of hydrogen-bond donors (Lipinski definition) is 1. The Hall–Kier alpha value is -2.56. The largest absolute Gasteiger partial charge is 0.398 e. The summed E-state index contributed by atoms with van der Waals surface area (Å²) in [6, 6.07) is 10.7. The number of benzene rings is 1. The van der Waals surface area contributed by atoms with Gasteiger partial charge in [-0.2, -0.15) is 0 Å². The fraction of sp³-hybridized carbons (Fsp3) is 0.250. The minimum atomic E-state index is -0.243. The van der Waals surface area contributed by atoms with E-state index in [0.29, 0.717) is 5.69 Å². The zero-order valence-corrected chi connectivity index (χ0v) is 12.2. The van der Waals surface area contributed by atoms with Crippen molar-refractivity contribution in [1.29, 1.82) is 0 Å². The number of nitrogens with two attached hydrogens (primary N) is 1. The van der Waals surface area contributed by atoms with E-state index in [9.17, 15) is 9.59 Å². The third-order valence-electron chi connectivity index (χ3n) is 3.42. The molecule has 0 saturated carbocycles. The normalized spacial score (nSPS) is 10.4. The number of anilines is 2. The summed E-state index contributed by atoms with van der Waals surface area (Å²) in [4.78, 5) is 25.5. The van der Waals surface area contributed by atoms with Gasteiger partial charge < -0.3 is 15.2 Å². The number of amides is 1. The molecular formula is C16H19N3O2. The molecule has 1 heterocycles. The van der Waals surface area contributed by atoms with E-state index < -0.39 is 0 Å². The number of carbonyl (C=O) groups is 1. The first-order valence-electron chi connectivity index (χ1n) is 6.82. The number of aryl methyl sites for hydroxylation is 1. The molecule has 0 unspecified atom stereocenters. The smallest absolute Gasteiger partial charge is 0.251 e. The molecule has 1 amide bonds. The van der Waals surface area contributed by atoms with Gasteiger partial charge in [-0.15, -0.1) is 0 Å². The SMILES string of the molecule is CCc1ccc(N(C)C(=O)Cn2cc(N)ccc2=O)cc1. The number of pyridine rings is 1. The number of rotatable bonds is 4. The minimum Gasteiger partial charge on any atom is -0.398 e. The molecule has 0 aliphatic carbocycles. The van der Waals surface area contributed by atoms with Crippen LogP contribution < -0.4 is 16.2 Å². The molecule has 1 aromatic heterocycles. The standard InChI is InChI=1S/C16H19N3O2/c1-3-12-4-7-14(8-5-12)18(2)16(21)11-19-10-13(17)6-9-15(19)20/h4-10H,3,11,17H2,1-2H3. The van der Waals surface area contributed by atoms with E-state index in [2.05, 4.69) is 6.92 Å². The Bertz CT molecular complexity index is 689. The molecule has 0 aliphatic rings. The molecule has 5 nitrogen and oxygen atoms in total. The zero-order valence-electron chi connectivity index (χ0n) is 12.2. The lowest BCUT2D eigenvalue weighted by Crippen LogP contribution is -2.33. The van der Waals surface area contributed by atoms with E-state index in [4.69, 9.17) is 5.73 Å². The lowest BCUT2D eigenvalue weighted by molar-refractivity contribution is -0.118. The Morgan fingerprint density at radius 1 is 1.19 bits per heavy atom. The van der Waals surface area contributed by atoms with Crippen LogP contribution in [0.4, 0.5) is 11.4 Å². The van der Waals surface area contributed by atoms with Crippen LogP contribution in [0.2, 0.25) is 0 Å². The van der Waals surface area contributed by atoms with Crippen LogP contribution in [-0.2, 0) is 17.8 Å². The molecule has 2 rings (SSSR count). The van der Waals surface area contributed by atoms with Crippen LogP contribution in [0.3, 0.4) is 0 Å². The van der Waals surface area contributed by atoms with E-state index in [-0.39, 0.29) is 18.0 Å². The molecule has 5 heteroatoms. The number of nitrogens with zero attached hydrogens (tertiary/aromatic N) is 2. The molecule has 0 radical (unpaired) electrons. The Kier molecular flexibility index (Phi) is 4.42. The second kappa shape index (κ2) is 6.26. The van der Waals surface area contributed by atoms with Crippen LogP contribution in [0.1, 0.15) is 12.5 Å². The van der Waals surface area contributed by atoms with Crippen LogP contribution in [0.15, 0.2) is 47.4 Å². The van der Waals surface area contributed by atoms with Gasteiger partial charge in [0.2, 0.25) is 5.91 Å². The summed E-state index contributed by atoms with van der Waals surface area (Å²) in [5.74, 6) is -0.174. The van der Waals surface area contributed by atoms with Crippen molar-refractivity contribution in [3.05, 3.63) is 58.5 Å². The Labute approximate surface area is 123 Å². The quantitative estimate of drug-likeness (QED) is 0.929. The lowest BCUT2D eigenvalue weighted by atomic mass is 10.1. The van der Waals surface area contributed by atoms with E-state index in [1.165, 1.54) is 33.4 Å². The molecular weight excluding hydrogens is 266 g/mol. The van der Waals surface area contributed by atoms with E-state index in [0.717, 1.165) is 12.1 Å². The van der Waals surface area contributed by atoms with Crippen molar-refractivity contribution in [2.75, 3.05) is 17.7 Å². The maximum Gasteiger partial charge on any atom is 0.251 e. The molecule has 0 spiro atoms. The number of aromatic nitrogens is 1. The van der Waals surface area contributed by atoms with Crippen molar-refractivity contribution in [2.45, 2.75) is 19.9 Å². The van der Waals surface area contributed by atoms with Crippen LogP contribution in [0.25, 0.3) is 0 Å². The molecule has 0 bridgehead atoms. The highest BCUT2D eigenvalue weighted by Crippen LogP contribution is 2.14. The highest BCUT2D eigenvalue weighted by Gasteiger charge is 2.12. The molecule has 2 N–H and O–H groups in total. The van der Waals surface area contributed by atoms with Gasteiger partial charge >= 0.3 is 0 Å². The molecule has 2 aromatic rings. The fourth-order valence-corrected chi connectivity index (χ4v) is 2.02. The van der Waals surface area contributed by atoms with Crippen molar-refractivity contribution >= 4 is 17.3 Å². The highest BCUT2D eigenvalue weighted by molar-refractivity contribution is 5.92. The summed E-state index contributed by atoms with van der Waals surface area (Å²) in [6.07, 6.45) is 2.44. The maximum atomic E-state index is 12.3. The summed E-state index contributed by atoms with van der Waals surface area (Å²) in [6.45, 7) is 2.05. The molecule has 110 valence electrons. The summed E-state index contributed by atoms with van der Waals surface area (Å²) in [5.41, 5.74) is 7.87. The third kappa shape index (κ3) is 3.51. The van der Waals surface area contributed by atoms with Crippen LogP contribution in [0.5, 0.6) is 0 Å². The number of carbonyl (C=O) groups excluding carboxylic acids is 1. The van der Waals surface area contributed by atoms with Crippen molar-refractivity contribution in [3.8, 4) is 0 Å². The van der Waals surface area contributed by atoms with Crippen LogP contribution >= 0.6 is 0 Å². The molecule has 21 heavy (non-hydrogen) atoms. The number of likely N-dealkylation sites (N-methyl/N-ethyl adjacent to an activating group) is 1. The van der Waals surface area contributed by atoms with E-state index in [1.54, 1.807) is 7.05 Å². The third-order valence-corrected chi connectivity index (χ3v) is 3.42. The van der Waals surface area contributed by atoms with Gasteiger partial charge in [-0.1, -0.05) is 19.1 Å². The van der Waals surface area contributed by atoms with Gasteiger partial charge in [0.25, 0.3) is 5.56 Å². The van der Waals surface area contributed by atoms with E-state index in [1.807, 2.05) is 24.3 Å². The van der Waals surface area contributed by atoms with Crippen LogP contribution in [-0.4, -0.2) is 17.5 Å². The van der Waals surface area contributed by atoms with Gasteiger partial charge in [0.05, 0.1) is 0 Å². The maximum absolute atomic E-state index is 12.3. The summed E-state index contributed by atoms with van der Waals surface area (Å²) >= 11 is 0. The van der Waals surface area contributed by atoms with Gasteiger partial charge in [0, 0.05) is 30.7 Å². The van der Waals surface area contributed by atoms with Gasteiger partial charge in [-0.05, 0) is 30.2 Å². The Morgan fingerprint density at radius 2 is 1.86 bits per heavy atom.